The number of hydrogen-bond acceptors (Lipinski definition) is 5. The normalized spacial score (nSPS) is 10.9. The van der Waals surface area contributed by atoms with Crippen LogP contribution in [0.25, 0.3) is 11.2 Å². The zero-order valence-electron chi connectivity index (χ0n) is 13.9. The number of benzene rings is 1. The highest BCUT2D eigenvalue weighted by Gasteiger charge is 2.16. The summed E-state index contributed by atoms with van der Waals surface area (Å²) in [5.41, 5.74) is 8.64. The van der Waals surface area contributed by atoms with Crippen molar-refractivity contribution in [3.63, 3.8) is 0 Å². The maximum Gasteiger partial charge on any atom is 0.175 e. The number of terminal acetylenes is 1. The molecule has 0 unspecified atom stereocenters. The molecular formula is C18H18BrN5S. The Labute approximate surface area is 159 Å². The van der Waals surface area contributed by atoms with Gasteiger partial charge in [-0.2, -0.15) is 0 Å². The average molecular weight is 416 g/mol. The number of anilines is 1. The molecule has 2 aromatic heterocycles. The summed E-state index contributed by atoms with van der Waals surface area (Å²) < 4.78 is 3.16. The first-order valence-electron chi connectivity index (χ1n) is 8.00. The van der Waals surface area contributed by atoms with Crippen LogP contribution in [-0.2, 0) is 13.0 Å². The molecule has 5 nitrogen and oxygen atoms in total. The van der Waals surface area contributed by atoms with Crippen molar-refractivity contribution < 1.29 is 0 Å². The molecule has 0 spiro atoms. The Morgan fingerprint density at radius 2 is 2.20 bits per heavy atom. The Balaban J connectivity index is 2.04. The van der Waals surface area contributed by atoms with Gasteiger partial charge < -0.3 is 10.3 Å². The lowest BCUT2D eigenvalue weighted by molar-refractivity contribution is 0.615. The van der Waals surface area contributed by atoms with E-state index in [1.54, 1.807) is 11.8 Å². The SMILES string of the molecule is C#CCCCn1c(Sc2ccc(Br)cc2CC)nc2c(N)ncnc21. The van der Waals surface area contributed by atoms with E-state index in [-0.39, 0.29) is 0 Å². The summed E-state index contributed by atoms with van der Waals surface area (Å²) in [7, 11) is 0. The van der Waals surface area contributed by atoms with E-state index in [0.717, 1.165) is 34.7 Å². The molecule has 0 radical (unpaired) electrons. The molecule has 0 aliphatic rings. The third-order valence-corrected chi connectivity index (χ3v) is 5.44. The van der Waals surface area contributed by atoms with Gasteiger partial charge in [0.1, 0.15) is 6.33 Å². The monoisotopic (exact) mass is 415 g/mol. The molecule has 0 atom stereocenters. The topological polar surface area (TPSA) is 69.6 Å². The van der Waals surface area contributed by atoms with Gasteiger partial charge in [0, 0.05) is 22.3 Å². The lowest BCUT2D eigenvalue weighted by Gasteiger charge is -2.10. The van der Waals surface area contributed by atoms with Crippen molar-refractivity contribution in [3.8, 4) is 12.3 Å². The molecule has 0 bridgehead atoms. The van der Waals surface area contributed by atoms with E-state index in [2.05, 4.69) is 55.4 Å². The Bertz CT molecular complexity index is 945. The number of hydrogen-bond donors (Lipinski definition) is 1. The number of nitrogen functional groups attached to an aromatic ring is 1. The molecule has 7 heteroatoms. The van der Waals surface area contributed by atoms with Gasteiger partial charge in [-0.25, -0.2) is 15.0 Å². The molecule has 2 N–H and O–H groups in total. The predicted octanol–water partition coefficient (Wildman–Crippen LogP) is 4.30. The standard InChI is InChI=1S/C18H18BrN5S/c1-3-5-6-9-24-17-15(16(20)21-11-22-17)23-18(24)25-14-8-7-13(19)10-12(14)4-2/h1,7-8,10-11H,4-6,9H2,2H3,(H2,20,21,22). The van der Waals surface area contributed by atoms with Crippen LogP contribution in [0, 0.1) is 12.3 Å². The summed E-state index contributed by atoms with van der Waals surface area (Å²) >= 11 is 5.16. The molecule has 3 rings (SSSR count). The van der Waals surface area contributed by atoms with Crippen molar-refractivity contribution in [2.24, 2.45) is 0 Å². The number of halogens is 1. The van der Waals surface area contributed by atoms with Crippen LogP contribution >= 0.6 is 27.7 Å². The highest BCUT2D eigenvalue weighted by atomic mass is 79.9. The molecule has 1 aromatic carbocycles. The van der Waals surface area contributed by atoms with Crippen molar-refractivity contribution in [2.75, 3.05) is 5.73 Å². The molecule has 3 aromatic rings. The van der Waals surface area contributed by atoms with Gasteiger partial charge in [0.25, 0.3) is 0 Å². The Morgan fingerprint density at radius 1 is 1.36 bits per heavy atom. The third-order valence-electron chi connectivity index (χ3n) is 3.83. The molecule has 0 fully saturated rings. The number of unbranched alkanes of at least 4 members (excludes halogenated alkanes) is 1. The molecule has 0 amide bonds. The van der Waals surface area contributed by atoms with Crippen LogP contribution in [0.3, 0.4) is 0 Å². The van der Waals surface area contributed by atoms with E-state index in [4.69, 9.17) is 17.1 Å². The maximum atomic E-state index is 5.99. The van der Waals surface area contributed by atoms with Gasteiger partial charge in [-0.05, 0) is 36.6 Å². The lowest BCUT2D eigenvalue weighted by Crippen LogP contribution is -2.02. The van der Waals surface area contributed by atoms with Crippen molar-refractivity contribution in [1.82, 2.24) is 19.5 Å². The molecule has 0 saturated heterocycles. The van der Waals surface area contributed by atoms with Crippen LogP contribution < -0.4 is 5.73 Å². The molecule has 0 aliphatic carbocycles. The van der Waals surface area contributed by atoms with Gasteiger partial charge in [-0.1, -0.05) is 34.6 Å². The van der Waals surface area contributed by atoms with Gasteiger partial charge >= 0.3 is 0 Å². The summed E-state index contributed by atoms with van der Waals surface area (Å²) in [6.07, 6.45) is 9.38. The predicted molar refractivity (Wildman–Crippen MR) is 105 cm³/mol. The number of aryl methyl sites for hydroxylation is 2. The van der Waals surface area contributed by atoms with Crippen molar-refractivity contribution >= 4 is 44.7 Å². The average Bonchev–Trinajstić information content (AvgIpc) is 2.96. The highest BCUT2D eigenvalue weighted by molar-refractivity contribution is 9.10. The summed E-state index contributed by atoms with van der Waals surface area (Å²) in [6.45, 7) is 2.89. The van der Waals surface area contributed by atoms with Crippen LogP contribution in [0.4, 0.5) is 5.82 Å². The molecule has 0 aliphatic heterocycles. The van der Waals surface area contributed by atoms with Crippen molar-refractivity contribution in [1.29, 1.82) is 0 Å². The fraction of sp³-hybridized carbons (Fsp3) is 0.278. The van der Waals surface area contributed by atoms with Gasteiger partial charge in [0.05, 0.1) is 0 Å². The number of nitrogens with zero attached hydrogens (tertiary/aromatic N) is 4. The van der Waals surface area contributed by atoms with Crippen molar-refractivity contribution in [3.05, 3.63) is 34.6 Å². The smallest absolute Gasteiger partial charge is 0.175 e. The Hall–Kier alpha value is -2.04. The zero-order chi connectivity index (χ0) is 17.8. The van der Waals surface area contributed by atoms with Crippen LogP contribution in [0.2, 0.25) is 0 Å². The highest BCUT2D eigenvalue weighted by Crippen LogP contribution is 2.34. The number of aromatic nitrogens is 4. The van der Waals surface area contributed by atoms with E-state index in [1.807, 2.05) is 6.07 Å². The second-order valence-electron chi connectivity index (χ2n) is 5.49. The second-order valence-corrected chi connectivity index (χ2v) is 7.42. The molecular weight excluding hydrogens is 398 g/mol. The van der Waals surface area contributed by atoms with E-state index in [0.29, 0.717) is 17.8 Å². The van der Waals surface area contributed by atoms with Gasteiger partial charge in [-0.3, -0.25) is 0 Å². The Morgan fingerprint density at radius 3 is 2.96 bits per heavy atom. The van der Waals surface area contributed by atoms with Crippen molar-refractivity contribution in [2.45, 2.75) is 42.8 Å². The van der Waals surface area contributed by atoms with Crippen LogP contribution in [0.5, 0.6) is 0 Å². The van der Waals surface area contributed by atoms with E-state index in [1.165, 1.54) is 16.8 Å². The fourth-order valence-electron chi connectivity index (χ4n) is 2.57. The molecule has 0 saturated carbocycles. The van der Waals surface area contributed by atoms with Crippen LogP contribution in [-0.4, -0.2) is 19.5 Å². The number of rotatable bonds is 6. The van der Waals surface area contributed by atoms with Gasteiger partial charge in [0.2, 0.25) is 0 Å². The largest absolute Gasteiger partial charge is 0.382 e. The summed E-state index contributed by atoms with van der Waals surface area (Å²) in [5.74, 6) is 3.08. The maximum absolute atomic E-state index is 5.99. The van der Waals surface area contributed by atoms with Crippen LogP contribution in [0.1, 0.15) is 25.3 Å². The first-order chi connectivity index (χ1) is 12.1. The second kappa shape index (κ2) is 7.89. The van der Waals surface area contributed by atoms with E-state index in [9.17, 15) is 0 Å². The first kappa shape index (κ1) is 17.8. The summed E-state index contributed by atoms with van der Waals surface area (Å²) in [6, 6.07) is 6.29. The molecule has 128 valence electrons. The minimum Gasteiger partial charge on any atom is -0.382 e. The number of fused-ring (bicyclic) bond motifs is 1. The zero-order valence-corrected chi connectivity index (χ0v) is 16.3. The third kappa shape index (κ3) is 3.80. The van der Waals surface area contributed by atoms with Gasteiger partial charge in [-0.15, -0.1) is 12.3 Å². The summed E-state index contributed by atoms with van der Waals surface area (Å²) in [4.78, 5) is 14.3. The van der Waals surface area contributed by atoms with E-state index < -0.39 is 0 Å². The lowest BCUT2D eigenvalue weighted by atomic mass is 10.2. The quantitative estimate of drug-likeness (QED) is 0.479. The first-order valence-corrected chi connectivity index (χ1v) is 9.61. The molecule has 25 heavy (non-hydrogen) atoms. The number of nitrogens with two attached hydrogens (primary N) is 1. The minimum atomic E-state index is 0.397. The Kier molecular flexibility index (Phi) is 5.61. The van der Waals surface area contributed by atoms with Gasteiger partial charge in [0.15, 0.2) is 22.1 Å². The fourth-order valence-corrected chi connectivity index (χ4v) is 4.08. The van der Waals surface area contributed by atoms with E-state index >= 15 is 0 Å². The summed E-state index contributed by atoms with van der Waals surface area (Å²) in [5, 5.41) is 0.858. The molecule has 2 heterocycles. The van der Waals surface area contributed by atoms with Crippen LogP contribution in [0.15, 0.2) is 39.1 Å². The minimum absolute atomic E-state index is 0.397. The number of imidazole rings is 1.